The van der Waals surface area contributed by atoms with E-state index in [4.69, 9.17) is 0 Å². The Hall–Kier alpha value is -3.03. The third-order valence-corrected chi connectivity index (χ3v) is 4.44. The highest BCUT2D eigenvalue weighted by atomic mass is 16.2. The van der Waals surface area contributed by atoms with Crippen LogP contribution in [0.15, 0.2) is 36.4 Å². The van der Waals surface area contributed by atoms with Crippen LogP contribution in [0.2, 0.25) is 0 Å². The van der Waals surface area contributed by atoms with Crippen LogP contribution in [0.4, 0.5) is 9.59 Å². The molecular formula is C19H26N6O2. The molecule has 0 bridgehead atoms. The largest absolute Gasteiger partial charge is 0.334 e. The summed E-state index contributed by atoms with van der Waals surface area (Å²) in [6.07, 6.45) is 0.860. The Kier molecular flexibility index (Phi) is 5.95. The minimum absolute atomic E-state index is 0.00427. The van der Waals surface area contributed by atoms with E-state index in [2.05, 4.69) is 15.7 Å². The zero-order chi connectivity index (χ0) is 19.2. The first-order valence-corrected chi connectivity index (χ1v) is 9.10. The number of nitrogens with zero attached hydrogens (tertiary/aromatic N) is 4. The Morgan fingerprint density at radius 3 is 2.59 bits per heavy atom. The number of aryl methyl sites for hydroxylation is 1. The van der Waals surface area contributed by atoms with Gasteiger partial charge in [0.05, 0.1) is 24.5 Å². The van der Waals surface area contributed by atoms with E-state index >= 15 is 0 Å². The van der Waals surface area contributed by atoms with Crippen molar-refractivity contribution in [1.29, 1.82) is 0 Å². The molecule has 144 valence electrons. The second kappa shape index (κ2) is 8.57. The first kappa shape index (κ1) is 18.8. The summed E-state index contributed by atoms with van der Waals surface area (Å²) in [6.45, 7) is 2.85. The Morgan fingerprint density at radius 2 is 1.85 bits per heavy atom. The number of aromatic nitrogens is 2. The Labute approximate surface area is 159 Å². The summed E-state index contributed by atoms with van der Waals surface area (Å²) >= 11 is 0. The van der Waals surface area contributed by atoms with Crippen LogP contribution in [-0.2, 0) is 26.2 Å². The van der Waals surface area contributed by atoms with Crippen molar-refractivity contribution in [2.24, 2.45) is 0 Å². The predicted octanol–water partition coefficient (Wildman–Crippen LogP) is 1.77. The van der Waals surface area contributed by atoms with Gasteiger partial charge in [0.1, 0.15) is 0 Å². The van der Waals surface area contributed by atoms with Crippen molar-refractivity contribution < 1.29 is 9.59 Å². The lowest BCUT2D eigenvalue weighted by Crippen LogP contribution is -2.38. The molecule has 0 fully saturated rings. The SMILES string of the molecule is CN(C)C(=O)N1CCCn2nc(CNC(=O)NCc3ccccc3)cc2C1. The van der Waals surface area contributed by atoms with Gasteiger partial charge in [0.25, 0.3) is 0 Å². The molecule has 0 aliphatic carbocycles. The van der Waals surface area contributed by atoms with Crippen molar-refractivity contribution in [2.45, 2.75) is 32.6 Å². The Bertz CT molecular complexity index is 787. The Balaban J connectivity index is 1.53. The molecule has 27 heavy (non-hydrogen) atoms. The number of hydrogen-bond acceptors (Lipinski definition) is 3. The van der Waals surface area contributed by atoms with Crippen LogP contribution in [0.5, 0.6) is 0 Å². The minimum Gasteiger partial charge on any atom is -0.334 e. The van der Waals surface area contributed by atoms with Gasteiger partial charge in [-0.3, -0.25) is 4.68 Å². The summed E-state index contributed by atoms with van der Waals surface area (Å²) < 4.78 is 1.93. The molecule has 1 aliphatic rings. The highest BCUT2D eigenvalue weighted by molar-refractivity contribution is 5.74. The van der Waals surface area contributed by atoms with Crippen LogP contribution in [0, 0.1) is 0 Å². The summed E-state index contributed by atoms with van der Waals surface area (Å²) in [5, 5.41) is 10.2. The minimum atomic E-state index is -0.230. The molecule has 8 heteroatoms. The average Bonchev–Trinajstić information content (AvgIpc) is 2.95. The van der Waals surface area contributed by atoms with E-state index in [1.165, 1.54) is 0 Å². The molecule has 0 spiro atoms. The summed E-state index contributed by atoms with van der Waals surface area (Å²) in [5.74, 6) is 0. The fraction of sp³-hybridized carbons (Fsp3) is 0.421. The number of urea groups is 2. The fourth-order valence-corrected chi connectivity index (χ4v) is 3.07. The van der Waals surface area contributed by atoms with Gasteiger partial charge in [-0.05, 0) is 18.1 Å². The van der Waals surface area contributed by atoms with Gasteiger partial charge in [0.2, 0.25) is 0 Å². The topological polar surface area (TPSA) is 82.5 Å². The number of nitrogens with one attached hydrogen (secondary N) is 2. The maximum Gasteiger partial charge on any atom is 0.319 e. The number of rotatable bonds is 4. The molecule has 2 heterocycles. The molecule has 0 atom stereocenters. The van der Waals surface area contributed by atoms with Gasteiger partial charge in [0, 0.05) is 33.7 Å². The highest BCUT2D eigenvalue weighted by Gasteiger charge is 2.21. The molecule has 0 unspecified atom stereocenters. The first-order valence-electron chi connectivity index (χ1n) is 9.10. The average molecular weight is 370 g/mol. The normalized spacial score (nSPS) is 13.5. The summed E-state index contributed by atoms with van der Waals surface area (Å²) in [5.41, 5.74) is 2.83. The van der Waals surface area contributed by atoms with Gasteiger partial charge in [-0.15, -0.1) is 0 Å². The van der Waals surface area contributed by atoms with Crippen molar-refractivity contribution in [1.82, 2.24) is 30.2 Å². The van der Waals surface area contributed by atoms with Crippen molar-refractivity contribution in [3.63, 3.8) is 0 Å². The second-order valence-corrected chi connectivity index (χ2v) is 6.82. The van der Waals surface area contributed by atoms with Crippen LogP contribution in [0.3, 0.4) is 0 Å². The van der Waals surface area contributed by atoms with E-state index in [1.807, 2.05) is 46.0 Å². The van der Waals surface area contributed by atoms with E-state index in [0.717, 1.165) is 36.5 Å². The first-order chi connectivity index (χ1) is 13.0. The molecule has 0 radical (unpaired) electrons. The lowest BCUT2D eigenvalue weighted by Gasteiger charge is -2.23. The fourth-order valence-electron chi connectivity index (χ4n) is 3.07. The van der Waals surface area contributed by atoms with Crippen LogP contribution in [0.25, 0.3) is 0 Å². The predicted molar refractivity (Wildman–Crippen MR) is 102 cm³/mol. The number of benzene rings is 1. The third kappa shape index (κ3) is 4.99. The van der Waals surface area contributed by atoms with Crippen molar-refractivity contribution >= 4 is 12.1 Å². The molecule has 8 nitrogen and oxygen atoms in total. The standard InChI is InChI=1S/C19H26N6O2/c1-23(2)19(27)24-9-6-10-25-17(14-24)11-16(22-25)13-21-18(26)20-12-15-7-4-3-5-8-15/h3-5,7-8,11H,6,9-10,12-14H2,1-2H3,(H2,20,21,26). The van der Waals surface area contributed by atoms with Gasteiger partial charge in [0.15, 0.2) is 0 Å². The maximum atomic E-state index is 12.2. The molecule has 0 saturated carbocycles. The molecule has 1 aromatic carbocycles. The number of amides is 4. The molecule has 2 aromatic rings. The van der Waals surface area contributed by atoms with Crippen LogP contribution in [-0.4, -0.2) is 52.3 Å². The molecule has 1 aromatic heterocycles. The van der Waals surface area contributed by atoms with Gasteiger partial charge in [-0.1, -0.05) is 30.3 Å². The second-order valence-electron chi connectivity index (χ2n) is 6.82. The summed E-state index contributed by atoms with van der Waals surface area (Å²) in [7, 11) is 3.52. The Morgan fingerprint density at radius 1 is 1.11 bits per heavy atom. The molecule has 4 amide bonds. The van der Waals surface area contributed by atoms with Crippen molar-refractivity contribution in [2.75, 3.05) is 20.6 Å². The van der Waals surface area contributed by atoms with Gasteiger partial charge in [-0.25, -0.2) is 9.59 Å². The van der Waals surface area contributed by atoms with Gasteiger partial charge in [-0.2, -0.15) is 5.10 Å². The quantitative estimate of drug-likeness (QED) is 0.860. The lowest BCUT2D eigenvalue weighted by atomic mass is 10.2. The van der Waals surface area contributed by atoms with Crippen LogP contribution in [0.1, 0.15) is 23.4 Å². The van der Waals surface area contributed by atoms with E-state index in [-0.39, 0.29) is 12.1 Å². The van der Waals surface area contributed by atoms with E-state index in [9.17, 15) is 9.59 Å². The molecular weight excluding hydrogens is 344 g/mol. The smallest absolute Gasteiger partial charge is 0.319 e. The van der Waals surface area contributed by atoms with Crippen LogP contribution < -0.4 is 10.6 Å². The lowest BCUT2D eigenvalue weighted by molar-refractivity contribution is 0.169. The maximum absolute atomic E-state index is 12.2. The van der Waals surface area contributed by atoms with Gasteiger partial charge < -0.3 is 20.4 Å². The van der Waals surface area contributed by atoms with Crippen molar-refractivity contribution in [3.8, 4) is 0 Å². The molecule has 1 aliphatic heterocycles. The highest BCUT2D eigenvalue weighted by Crippen LogP contribution is 2.15. The number of carbonyl (C=O) groups is 2. The monoisotopic (exact) mass is 370 g/mol. The summed E-state index contributed by atoms with van der Waals surface area (Å²) in [4.78, 5) is 27.6. The molecule has 2 N–H and O–H groups in total. The zero-order valence-corrected chi connectivity index (χ0v) is 15.8. The third-order valence-electron chi connectivity index (χ3n) is 4.44. The number of carbonyl (C=O) groups excluding carboxylic acids is 2. The van der Waals surface area contributed by atoms with Crippen LogP contribution >= 0.6 is 0 Å². The van der Waals surface area contributed by atoms with Gasteiger partial charge >= 0.3 is 12.1 Å². The van der Waals surface area contributed by atoms with Crippen molar-refractivity contribution in [3.05, 3.63) is 53.3 Å². The number of hydrogen-bond donors (Lipinski definition) is 2. The number of fused-ring (bicyclic) bond motifs is 1. The zero-order valence-electron chi connectivity index (χ0n) is 15.8. The molecule has 0 saturated heterocycles. The van der Waals surface area contributed by atoms with E-state index < -0.39 is 0 Å². The van der Waals surface area contributed by atoms with E-state index in [1.54, 1.807) is 19.0 Å². The summed E-state index contributed by atoms with van der Waals surface area (Å²) in [6, 6.07) is 11.5. The van der Waals surface area contributed by atoms with E-state index in [0.29, 0.717) is 19.6 Å². The molecule has 3 rings (SSSR count).